The molecule has 1 unspecified atom stereocenters. The molecule has 0 N–H and O–H groups in total. The van der Waals surface area contributed by atoms with Gasteiger partial charge in [-0.25, -0.2) is 0 Å². The van der Waals surface area contributed by atoms with E-state index in [9.17, 15) is 4.79 Å². The van der Waals surface area contributed by atoms with Gasteiger partial charge in [0.15, 0.2) is 0 Å². The van der Waals surface area contributed by atoms with Gasteiger partial charge in [0, 0.05) is 23.2 Å². The van der Waals surface area contributed by atoms with Crippen LogP contribution in [-0.4, -0.2) is 42.9 Å². The van der Waals surface area contributed by atoms with Crippen molar-refractivity contribution in [2.75, 3.05) is 26.7 Å². The third-order valence-electron chi connectivity index (χ3n) is 3.23. The first-order valence-electron chi connectivity index (χ1n) is 6.77. The van der Waals surface area contributed by atoms with Gasteiger partial charge in [-0.15, -0.1) is 11.8 Å². The zero-order valence-corrected chi connectivity index (χ0v) is 12.4. The van der Waals surface area contributed by atoms with Crippen LogP contribution in [0, 0.1) is 0 Å². The van der Waals surface area contributed by atoms with E-state index < -0.39 is 0 Å². The van der Waals surface area contributed by atoms with Crippen molar-refractivity contribution < 1.29 is 9.53 Å². The summed E-state index contributed by atoms with van der Waals surface area (Å²) >= 11 is 1.95. The molecule has 1 heterocycles. The van der Waals surface area contributed by atoms with Gasteiger partial charge >= 0.3 is 5.97 Å². The van der Waals surface area contributed by atoms with Crippen molar-refractivity contribution in [1.29, 1.82) is 0 Å². The van der Waals surface area contributed by atoms with Crippen molar-refractivity contribution in [1.82, 2.24) is 4.90 Å². The Morgan fingerprint density at radius 2 is 2.26 bits per heavy atom. The van der Waals surface area contributed by atoms with Gasteiger partial charge in [-0.1, -0.05) is 18.2 Å². The quantitative estimate of drug-likeness (QED) is 0.749. The summed E-state index contributed by atoms with van der Waals surface area (Å²) in [7, 11) is 2.07. The molecule has 2 rings (SSSR count). The van der Waals surface area contributed by atoms with E-state index >= 15 is 0 Å². The van der Waals surface area contributed by atoms with E-state index in [1.165, 1.54) is 10.5 Å². The average Bonchev–Trinajstić information content (AvgIpc) is 2.78. The Bertz CT molecular complexity index is 411. The number of fused-ring (bicyclic) bond motifs is 1. The Kier molecular flexibility index (Phi) is 5.28. The summed E-state index contributed by atoms with van der Waals surface area (Å²) in [4.78, 5) is 14.9. The molecule has 0 radical (unpaired) electrons. The van der Waals surface area contributed by atoms with E-state index in [4.69, 9.17) is 4.74 Å². The van der Waals surface area contributed by atoms with Crippen LogP contribution < -0.4 is 0 Å². The number of carbonyl (C=O) groups is 1. The van der Waals surface area contributed by atoms with Crippen molar-refractivity contribution in [3.63, 3.8) is 0 Å². The zero-order chi connectivity index (χ0) is 13.7. The van der Waals surface area contributed by atoms with Crippen LogP contribution in [0.5, 0.6) is 0 Å². The first-order valence-corrected chi connectivity index (χ1v) is 7.65. The number of thioether (sulfide) groups is 1. The van der Waals surface area contributed by atoms with Gasteiger partial charge in [0.25, 0.3) is 0 Å². The molecule has 0 aromatic heterocycles. The van der Waals surface area contributed by atoms with Crippen LogP contribution in [0.15, 0.2) is 29.2 Å². The van der Waals surface area contributed by atoms with Gasteiger partial charge in [0.2, 0.25) is 0 Å². The summed E-state index contributed by atoms with van der Waals surface area (Å²) in [5.41, 5.74) is 1.45. The maximum absolute atomic E-state index is 11.3. The lowest BCUT2D eigenvalue weighted by Crippen LogP contribution is -2.29. The largest absolute Gasteiger partial charge is 0.466 e. The Morgan fingerprint density at radius 1 is 1.47 bits per heavy atom. The fraction of sp³-hybridized carbons (Fsp3) is 0.533. The van der Waals surface area contributed by atoms with E-state index in [0.717, 1.165) is 19.5 Å². The molecule has 0 amide bonds. The van der Waals surface area contributed by atoms with E-state index in [1.54, 1.807) is 0 Å². The Labute approximate surface area is 119 Å². The highest BCUT2D eigenvalue weighted by atomic mass is 32.2. The van der Waals surface area contributed by atoms with Crippen molar-refractivity contribution >= 4 is 17.7 Å². The molecule has 0 spiro atoms. The van der Waals surface area contributed by atoms with Gasteiger partial charge < -0.3 is 9.64 Å². The summed E-state index contributed by atoms with van der Waals surface area (Å²) in [6.45, 7) is 4.09. The van der Waals surface area contributed by atoms with Crippen LogP contribution in [0.25, 0.3) is 0 Å². The molecule has 1 aromatic rings. The first-order chi connectivity index (χ1) is 9.19. The number of hydrogen-bond acceptors (Lipinski definition) is 4. The number of ether oxygens (including phenoxy) is 1. The van der Waals surface area contributed by atoms with Crippen molar-refractivity contribution in [2.24, 2.45) is 0 Å². The lowest BCUT2D eigenvalue weighted by molar-refractivity contribution is -0.143. The SMILES string of the molecule is CCOC(=O)CCN(C)CC1Cc2ccccc2S1. The third-order valence-corrected chi connectivity index (χ3v) is 4.53. The normalized spacial score (nSPS) is 17.5. The molecule has 4 heteroatoms. The fourth-order valence-electron chi connectivity index (χ4n) is 2.31. The van der Waals surface area contributed by atoms with E-state index in [-0.39, 0.29) is 5.97 Å². The highest BCUT2D eigenvalue weighted by molar-refractivity contribution is 8.00. The molecule has 0 saturated carbocycles. The highest BCUT2D eigenvalue weighted by Crippen LogP contribution is 2.36. The molecule has 0 saturated heterocycles. The van der Waals surface area contributed by atoms with E-state index in [2.05, 4.69) is 36.2 Å². The summed E-state index contributed by atoms with van der Waals surface area (Å²) < 4.78 is 4.94. The van der Waals surface area contributed by atoms with Gasteiger partial charge in [-0.05, 0) is 32.0 Å². The van der Waals surface area contributed by atoms with Gasteiger partial charge in [-0.3, -0.25) is 4.79 Å². The van der Waals surface area contributed by atoms with Crippen LogP contribution in [0.1, 0.15) is 18.9 Å². The van der Waals surface area contributed by atoms with Crippen LogP contribution in [-0.2, 0) is 16.0 Å². The Hall–Kier alpha value is -1.00. The minimum Gasteiger partial charge on any atom is -0.466 e. The number of nitrogens with zero attached hydrogens (tertiary/aromatic N) is 1. The molecule has 1 atom stereocenters. The highest BCUT2D eigenvalue weighted by Gasteiger charge is 2.22. The van der Waals surface area contributed by atoms with Crippen molar-refractivity contribution in [3.8, 4) is 0 Å². The van der Waals surface area contributed by atoms with Crippen LogP contribution in [0.2, 0.25) is 0 Å². The van der Waals surface area contributed by atoms with Crippen LogP contribution in [0.4, 0.5) is 0 Å². The standard InChI is InChI=1S/C15H21NO2S/c1-3-18-15(17)8-9-16(2)11-13-10-12-6-4-5-7-14(12)19-13/h4-7,13H,3,8-11H2,1-2H3. The molecule has 104 valence electrons. The minimum atomic E-state index is -0.100. The van der Waals surface area contributed by atoms with Gasteiger partial charge in [0.05, 0.1) is 13.0 Å². The predicted octanol–water partition coefficient (Wildman–Crippen LogP) is 2.59. The number of carbonyl (C=O) groups excluding carboxylic acids is 1. The smallest absolute Gasteiger partial charge is 0.307 e. The molecule has 1 aliphatic heterocycles. The molecule has 3 nitrogen and oxygen atoms in total. The minimum absolute atomic E-state index is 0.100. The molecule has 1 aromatic carbocycles. The first kappa shape index (κ1) is 14.4. The van der Waals surface area contributed by atoms with Crippen LogP contribution in [0.3, 0.4) is 0 Å². The second kappa shape index (κ2) is 6.96. The monoisotopic (exact) mass is 279 g/mol. The average molecular weight is 279 g/mol. The topological polar surface area (TPSA) is 29.5 Å². The lowest BCUT2D eigenvalue weighted by Gasteiger charge is -2.19. The number of hydrogen-bond donors (Lipinski definition) is 0. The van der Waals surface area contributed by atoms with Gasteiger partial charge in [0.1, 0.15) is 0 Å². The molecule has 0 aliphatic carbocycles. The maximum atomic E-state index is 11.3. The second-order valence-corrected chi connectivity index (χ2v) is 6.21. The zero-order valence-electron chi connectivity index (χ0n) is 11.6. The lowest BCUT2D eigenvalue weighted by atomic mass is 10.1. The maximum Gasteiger partial charge on any atom is 0.307 e. The van der Waals surface area contributed by atoms with Crippen molar-refractivity contribution in [3.05, 3.63) is 29.8 Å². The Morgan fingerprint density at radius 3 is 3.00 bits per heavy atom. The summed E-state index contributed by atoms with van der Waals surface area (Å²) in [5, 5.41) is 0.601. The van der Waals surface area contributed by atoms with Crippen LogP contribution >= 0.6 is 11.8 Å². The summed E-state index contributed by atoms with van der Waals surface area (Å²) in [6, 6.07) is 8.60. The number of rotatable bonds is 6. The third kappa shape index (κ3) is 4.25. The number of esters is 1. The predicted molar refractivity (Wildman–Crippen MR) is 78.5 cm³/mol. The molecule has 19 heavy (non-hydrogen) atoms. The molecule has 1 aliphatic rings. The second-order valence-electron chi connectivity index (χ2n) is 4.87. The molecular formula is C15H21NO2S. The van der Waals surface area contributed by atoms with Gasteiger partial charge in [-0.2, -0.15) is 0 Å². The molecular weight excluding hydrogens is 258 g/mol. The molecule has 0 fully saturated rings. The van der Waals surface area contributed by atoms with E-state index in [1.807, 2.05) is 18.7 Å². The van der Waals surface area contributed by atoms with E-state index in [0.29, 0.717) is 18.3 Å². The number of benzene rings is 1. The fourth-order valence-corrected chi connectivity index (χ4v) is 3.72. The summed E-state index contributed by atoms with van der Waals surface area (Å²) in [6.07, 6.45) is 1.61. The van der Waals surface area contributed by atoms with Crippen molar-refractivity contribution in [2.45, 2.75) is 29.9 Å². The Balaban J connectivity index is 1.73. The summed E-state index contributed by atoms with van der Waals surface area (Å²) in [5.74, 6) is -0.100. The molecule has 0 bridgehead atoms.